The van der Waals surface area contributed by atoms with Crippen molar-refractivity contribution in [2.75, 3.05) is 88.3 Å². The number of nitrogens with one attached hydrogen (secondary N) is 3. The number of aliphatic hydroxyl groups excluding tert-OH is 1. The summed E-state index contributed by atoms with van der Waals surface area (Å²) in [5.41, 5.74) is 0. The number of Topliss-reactive ketones (excluding diaryl/α,β-unsaturated/α-hetero) is 2. The summed E-state index contributed by atoms with van der Waals surface area (Å²) in [6.07, 6.45) is 0.302. The number of nitrogens with zero attached hydrogens (tertiary/aromatic N) is 7. The maximum absolute atomic E-state index is 15.3. The second-order valence-corrected chi connectivity index (χ2v) is 30.6. The molecule has 0 aromatic heterocycles. The maximum atomic E-state index is 15.3. The first-order chi connectivity index (χ1) is 47.3. The zero-order valence-corrected chi connectivity index (χ0v) is 65.4. The second kappa shape index (κ2) is 42.9. The van der Waals surface area contributed by atoms with Crippen molar-refractivity contribution in [1.29, 1.82) is 0 Å². The molecular formula is C76H130N10O15. The number of amides is 9. The van der Waals surface area contributed by atoms with Crippen molar-refractivity contribution in [1.82, 2.24) is 50.2 Å². The van der Waals surface area contributed by atoms with Crippen LogP contribution in [0.25, 0.3) is 0 Å². The summed E-state index contributed by atoms with van der Waals surface area (Å²) in [4.78, 5) is 174. The fraction of sp³-hybridized carbons (Fsp3) is 0.776. The number of benzene rings is 1. The lowest BCUT2D eigenvalue weighted by molar-refractivity contribution is -0.154. The van der Waals surface area contributed by atoms with E-state index < -0.39 is 161 Å². The van der Waals surface area contributed by atoms with Crippen molar-refractivity contribution >= 4 is 64.7 Å². The highest BCUT2D eigenvalue weighted by molar-refractivity contribution is 6.00. The quantitative estimate of drug-likeness (QED) is 0.0832. The summed E-state index contributed by atoms with van der Waals surface area (Å²) in [6, 6.07) is -2.12. The number of carbonyl (C=O) groups is 11. The first-order valence-electron chi connectivity index (χ1n) is 37.1. The summed E-state index contributed by atoms with van der Waals surface area (Å²) in [5, 5.41) is 20.7. The lowest BCUT2D eigenvalue weighted by atomic mass is 9.85. The number of carbonyl (C=O) groups excluding carboxylic acids is 11. The average molecular weight is 1420 g/mol. The molecule has 3 rings (SSSR count). The van der Waals surface area contributed by atoms with Crippen LogP contribution in [0, 0.1) is 47.3 Å². The molecule has 574 valence electrons. The number of aliphatic hydroxyl groups is 1. The van der Waals surface area contributed by atoms with E-state index in [0.717, 1.165) is 26.1 Å². The fourth-order valence-electron chi connectivity index (χ4n) is 13.5. The molecule has 25 heteroatoms. The molecule has 2 heterocycles. The van der Waals surface area contributed by atoms with Gasteiger partial charge in [0.2, 0.25) is 53.2 Å². The average Bonchev–Trinajstić information content (AvgIpc) is 0.820. The van der Waals surface area contributed by atoms with Gasteiger partial charge in [0.1, 0.15) is 54.1 Å². The highest BCUT2D eigenvalue weighted by Gasteiger charge is 2.45. The molecule has 9 amide bonds. The van der Waals surface area contributed by atoms with Gasteiger partial charge in [-0.15, -0.1) is 0 Å². The standard InChI is InChI=1S/C76H130N10O15/c1-23-58-74(96)80(17)54(15)72(94)85(22)66(55(16)100-37-30-28-34-86-35-39-99-40-36-86)63(88)45-57(49(8)9)73(95)81(18)59(41-46(2)3)62(87)44-52(13)68(90)77-53(14)71(93)82(19)60(42-47(4)5)75(97)83(20)61(43-48(6)7)76(98)84(21)65(50(10)11)70(92)79-64(69(91)78-58)67(89)51(12)31-27-29-38-101-56-32-25-24-26-33-56/h24-26,32-33,46-55,57-61,64-67,89H,23,27-31,34-45H2,1-22H3,(H,77,90)(H,78,91)(H,79,92)/t51-,52-,53-,54-,55-,57+,58+,59+,60+,61+,64+,65+,66+,67-/m1/s1. The van der Waals surface area contributed by atoms with Crippen LogP contribution in [0.3, 0.4) is 0 Å². The zero-order chi connectivity index (χ0) is 76.4. The van der Waals surface area contributed by atoms with Gasteiger partial charge in [-0.25, -0.2) is 0 Å². The van der Waals surface area contributed by atoms with Crippen molar-refractivity contribution in [3.05, 3.63) is 30.3 Å². The number of morpholine rings is 1. The van der Waals surface area contributed by atoms with Crippen molar-refractivity contribution < 1.29 is 72.1 Å². The predicted molar refractivity (Wildman–Crippen MR) is 390 cm³/mol. The van der Waals surface area contributed by atoms with Crippen LogP contribution in [-0.4, -0.2) is 259 Å². The molecule has 0 bridgehead atoms. The van der Waals surface area contributed by atoms with Gasteiger partial charge in [0, 0.05) is 86.7 Å². The van der Waals surface area contributed by atoms with Crippen LogP contribution in [0.1, 0.15) is 181 Å². The van der Waals surface area contributed by atoms with Gasteiger partial charge in [-0.2, -0.15) is 0 Å². The number of hydrogen-bond donors (Lipinski definition) is 4. The lowest BCUT2D eigenvalue weighted by Crippen LogP contribution is -2.63. The lowest BCUT2D eigenvalue weighted by Gasteiger charge is -2.40. The molecule has 4 N–H and O–H groups in total. The Morgan fingerprint density at radius 3 is 1.59 bits per heavy atom. The molecule has 0 unspecified atom stereocenters. The molecule has 101 heavy (non-hydrogen) atoms. The molecule has 2 aliphatic rings. The van der Waals surface area contributed by atoms with Gasteiger partial charge in [-0.1, -0.05) is 108 Å². The van der Waals surface area contributed by atoms with Gasteiger partial charge in [0.15, 0.2) is 11.6 Å². The van der Waals surface area contributed by atoms with E-state index in [1.165, 1.54) is 85.5 Å². The van der Waals surface area contributed by atoms with Gasteiger partial charge in [0.05, 0.1) is 38.1 Å². The molecule has 2 aliphatic heterocycles. The fourth-order valence-corrected chi connectivity index (χ4v) is 13.5. The Morgan fingerprint density at radius 2 is 1.05 bits per heavy atom. The van der Waals surface area contributed by atoms with Crippen molar-refractivity contribution in [2.45, 2.75) is 248 Å². The van der Waals surface area contributed by atoms with Crippen LogP contribution in [0.15, 0.2) is 30.3 Å². The highest BCUT2D eigenvalue weighted by Crippen LogP contribution is 2.28. The van der Waals surface area contributed by atoms with E-state index >= 15 is 33.6 Å². The zero-order valence-electron chi connectivity index (χ0n) is 65.4. The van der Waals surface area contributed by atoms with Crippen LogP contribution < -0.4 is 20.7 Å². The minimum atomic E-state index is -1.70. The van der Waals surface area contributed by atoms with Crippen LogP contribution in [0.5, 0.6) is 5.75 Å². The molecule has 2 saturated heterocycles. The predicted octanol–water partition coefficient (Wildman–Crippen LogP) is 6.25. The topological polar surface area (TPSA) is 294 Å². The summed E-state index contributed by atoms with van der Waals surface area (Å²) < 4.78 is 17.8. The molecular weight excluding hydrogens is 1290 g/mol. The van der Waals surface area contributed by atoms with E-state index in [1.54, 1.807) is 55.4 Å². The summed E-state index contributed by atoms with van der Waals surface area (Å²) in [6.45, 7) is 32.3. The van der Waals surface area contributed by atoms with Gasteiger partial charge in [-0.3, -0.25) is 57.6 Å². The number of ether oxygens (including phenoxy) is 3. The molecule has 14 atom stereocenters. The smallest absolute Gasteiger partial charge is 0.245 e. The van der Waals surface area contributed by atoms with E-state index in [0.29, 0.717) is 51.3 Å². The summed E-state index contributed by atoms with van der Waals surface area (Å²) in [7, 11) is 8.72. The third-order valence-electron chi connectivity index (χ3n) is 20.1. The normalized spacial score (nSPS) is 26.5. The van der Waals surface area contributed by atoms with Crippen molar-refractivity contribution in [2.24, 2.45) is 47.3 Å². The Labute approximate surface area is 604 Å². The van der Waals surface area contributed by atoms with Gasteiger partial charge < -0.3 is 64.7 Å². The number of rotatable bonds is 24. The largest absolute Gasteiger partial charge is 0.494 e. The number of ketones is 2. The minimum Gasteiger partial charge on any atom is -0.494 e. The minimum absolute atomic E-state index is 0.00994. The first kappa shape index (κ1) is 88.6. The third kappa shape index (κ3) is 26.6. The van der Waals surface area contributed by atoms with Crippen molar-refractivity contribution in [3.63, 3.8) is 0 Å². The Hall–Kier alpha value is -6.57. The Morgan fingerprint density at radius 1 is 0.525 bits per heavy atom. The molecule has 0 spiro atoms. The Kier molecular flexibility index (Phi) is 37.6. The number of hydrogen-bond acceptors (Lipinski definition) is 16. The summed E-state index contributed by atoms with van der Waals surface area (Å²) >= 11 is 0. The van der Waals surface area contributed by atoms with Crippen LogP contribution in [0.2, 0.25) is 0 Å². The molecule has 1 aromatic carbocycles. The highest BCUT2D eigenvalue weighted by atomic mass is 16.5. The first-order valence-corrected chi connectivity index (χ1v) is 37.1. The van der Waals surface area contributed by atoms with Crippen LogP contribution in [0.4, 0.5) is 0 Å². The van der Waals surface area contributed by atoms with Crippen LogP contribution >= 0.6 is 0 Å². The maximum Gasteiger partial charge on any atom is 0.245 e. The van der Waals surface area contributed by atoms with Gasteiger partial charge >= 0.3 is 0 Å². The monoisotopic (exact) mass is 1420 g/mol. The van der Waals surface area contributed by atoms with E-state index in [4.69, 9.17) is 14.2 Å². The third-order valence-corrected chi connectivity index (χ3v) is 20.1. The molecule has 0 saturated carbocycles. The van der Waals surface area contributed by atoms with E-state index in [9.17, 15) is 24.3 Å². The SMILES string of the molecule is CC[C@@H]1NC(=O)[C@H]([C@H](O)[C@H](C)CCCCOc2ccccc2)NC(=O)[C@H](C(C)C)N(C)C(=O)[C@H](CC(C)C)N(C)C(=O)[C@H](CC(C)C)N(C)C(=O)[C@@H](C)NC(=O)[C@H](C)CC(=O)[C@H](CC(C)C)N(C)C(=O)[C@H](C(C)C)CC(=O)[C@H]([C@@H](C)OCCCCN2CCOCC2)N(C)C(=O)[C@@H](C)N(C)C1=O. The van der Waals surface area contributed by atoms with Crippen LogP contribution in [-0.2, 0) is 62.2 Å². The molecule has 0 radical (unpaired) electrons. The molecule has 1 aromatic rings. The number of unbranched alkanes of at least 4 members (excludes halogenated alkanes) is 2. The van der Waals surface area contributed by atoms with Crippen molar-refractivity contribution in [3.8, 4) is 5.75 Å². The van der Waals surface area contributed by atoms with E-state index in [-0.39, 0.29) is 62.9 Å². The number of para-hydroxylation sites is 1. The Balaban J connectivity index is 2.28. The number of likely N-dealkylation sites (N-methyl/N-ethyl adjacent to an activating group) is 6. The molecule has 25 nitrogen and oxygen atoms in total. The van der Waals surface area contributed by atoms with Gasteiger partial charge in [0.25, 0.3) is 0 Å². The molecule has 0 aliphatic carbocycles. The second-order valence-electron chi connectivity index (χ2n) is 30.6. The van der Waals surface area contributed by atoms with E-state index in [2.05, 4.69) is 20.9 Å². The molecule has 2 fully saturated rings. The Bertz CT molecular complexity index is 2840. The van der Waals surface area contributed by atoms with Gasteiger partial charge in [-0.05, 0) is 133 Å². The summed E-state index contributed by atoms with van der Waals surface area (Å²) in [5.74, 6) is -10.4. The van der Waals surface area contributed by atoms with E-state index in [1.807, 2.05) is 71.9 Å².